The molecule has 4 N–H and O–H groups in total. The first-order valence-corrected chi connectivity index (χ1v) is 34.9. The minimum absolute atomic E-state index is 0.0915. The molecule has 0 amide bonds. The minimum atomic E-state index is -4.92. The number of aliphatic hydroxyl groups is 2. The lowest BCUT2D eigenvalue weighted by Crippen LogP contribution is -2.30. The first-order valence-electron chi connectivity index (χ1n) is 31.9. The number of carbonyl (C=O) groups is 3. The van der Waals surface area contributed by atoms with Crippen LogP contribution in [0.25, 0.3) is 0 Å². The van der Waals surface area contributed by atoms with E-state index in [0.29, 0.717) is 19.3 Å². The Balaban J connectivity index is 4.73. The zero-order valence-corrected chi connectivity index (χ0v) is 53.4. The summed E-state index contributed by atoms with van der Waals surface area (Å²) in [6.45, 7) is 2.46. The largest absolute Gasteiger partial charge is 0.472 e. The van der Waals surface area contributed by atoms with Crippen molar-refractivity contribution in [3.05, 3.63) is 85.1 Å². The second kappa shape index (κ2) is 59.1. The van der Waals surface area contributed by atoms with Crippen LogP contribution in [0.15, 0.2) is 85.1 Å². The van der Waals surface area contributed by atoms with E-state index >= 15 is 0 Å². The molecule has 0 rings (SSSR count). The predicted octanol–water partition coefficient (Wildman–Crippen LogP) is 17.0. The summed E-state index contributed by atoms with van der Waals surface area (Å²) in [7, 11) is -9.78. The molecule has 0 aliphatic rings. The average molecular weight is 1210 g/mol. The van der Waals surface area contributed by atoms with Crippen molar-refractivity contribution in [1.82, 2.24) is 0 Å². The van der Waals surface area contributed by atoms with Gasteiger partial charge in [0.15, 0.2) is 6.10 Å². The molecule has 0 saturated carbocycles. The average Bonchev–Trinajstić information content (AvgIpc) is 3.47. The monoisotopic (exact) mass is 1210 g/mol. The van der Waals surface area contributed by atoms with Crippen LogP contribution in [0.5, 0.6) is 0 Å². The number of hydrogen-bond acceptors (Lipinski definition) is 14. The third kappa shape index (κ3) is 60.2. The highest BCUT2D eigenvalue weighted by Gasteiger charge is 2.29. The van der Waals surface area contributed by atoms with E-state index in [-0.39, 0.29) is 19.3 Å². The number of ether oxygens (including phenoxy) is 3. The highest BCUT2D eigenvalue weighted by atomic mass is 31.2. The number of hydrogen-bond donors (Lipinski definition) is 4. The summed E-state index contributed by atoms with van der Waals surface area (Å²) < 4.78 is 60.7. The van der Waals surface area contributed by atoms with E-state index in [0.717, 1.165) is 135 Å². The lowest BCUT2D eigenvalue weighted by molar-refractivity contribution is -0.161. The van der Waals surface area contributed by atoms with E-state index in [1.54, 1.807) is 0 Å². The fourth-order valence-electron chi connectivity index (χ4n) is 8.17. The van der Waals surface area contributed by atoms with Gasteiger partial charge < -0.3 is 34.2 Å². The summed E-state index contributed by atoms with van der Waals surface area (Å²) in [4.78, 5) is 58.2. The molecule has 0 aromatic rings. The van der Waals surface area contributed by atoms with Gasteiger partial charge in [0.25, 0.3) is 0 Å². The molecule has 0 bridgehead atoms. The van der Waals surface area contributed by atoms with E-state index < -0.39 is 91.5 Å². The van der Waals surface area contributed by atoms with Crippen LogP contribution in [-0.4, -0.2) is 95.9 Å². The van der Waals surface area contributed by atoms with Gasteiger partial charge in [0, 0.05) is 19.3 Å². The van der Waals surface area contributed by atoms with Crippen LogP contribution in [0.4, 0.5) is 0 Å². The summed E-state index contributed by atoms with van der Waals surface area (Å²) in [6.07, 6.45) is 60.7. The molecule has 0 heterocycles. The summed E-state index contributed by atoms with van der Waals surface area (Å²) in [6, 6.07) is 0. The zero-order valence-electron chi connectivity index (χ0n) is 51.6. The number of allylic oxidation sites excluding steroid dienone is 14. The van der Waals surface area contributed by atoms with Crippen molar-refractivity contribution < 1.29 is 75.8 Å². The Morgan fingerprint density at radius 1 is 0.349 bits per heavy atom. The van der Waals surface area contributed by atoms with E-state index in [4.69, 9.17) is 32.3 Å². The summed E-state index contributed by atoms with van der Waals surface area (Å²) in [5, 5.41) is 20.5. The molecule has 0 fully saturated rings. The van der Waals surface area contributed by atoms with Crippen LogP contribution in [-0.2, 0) is 55.8 Å². The molecule has 0 aliphatic heterocycles. The Labute approximate surface area is 502 Å². The molecule has 16 nitrogen and oxygen atoms in total. The Morgan fingerprint density at radius 2 is 0.639 bits per heavy atom. The third-order valence-corrected chi connectivity index (χ3v) is 15.0. The number of carbonyl (C=O) groups excluding carboxylic acids is 3. The molecule has 0 aromatic carbocycles. The Kier molecular flexibility index (Phi) is 56.8. The van der Waals surface area contributed by atoms with E-state index in [1.165, 1.54) is 57.8 Å². The van der Waals surface area contributed by atoms with Crippen LogP contribution in [0.2, 0.25) is 0 Å². The van der Waals surface area contributed by atoms with Gasteiger partial charge >= 0.3 is 33.6 Å². The van der Waals surface area contributed by atoms with Gasteiger partial charge in [0.2, 0.25) is 0 Å². The van der Waals surface area contributed by atoms with Gasteiger partial charge in [-0.1, -0.05) is 202 Å². The standard InChI is InChI=1S/C65H114O16P2/c1-4-7-10-13-16-19-22-25-28-29-32-34-36-39-42-45-48-51-63(68)75-54-60(66)55-77-82(71,72)78-56-61(67)57-79-83(73,74)80-59-62(81-65(70)53-50-47-44-41-38-35-31-27-24-21-18-15-12-9-6-3)58-76-64(69)52-49-46-43-40-37-33-30-26-23-20-17-14-11-8-5-2/h7,10,16-17,19-20,25-28,30-32,34,60-62,66-67H,4-6,8-9,11-15,18,21-24,29,33,35-59H2,1-3H3,(H,71,72)(H,73,74)/b10-7-,19-16-,20-17-,28-25-,30-26-,31-27-,34-32-. The van der Waals surface area contributed by atoms with Gasteiger partial charge in [-0.15, -0.1) is 0 Å². The van der Waals surface area contributed by atoms with Crippen LogP contribution < -0.4 is 0 Å². The van der Waals surface area contributed by atoms with Crippen molar-refractivity contribution >= 4 is 33.6 Å². The number of unbranched alkanes of at least 4 members (excludes halogenated alkanes) is 23. The summed E-state index contributed by atoms with van der Waals surface area (Å²) in [5.74, 6) is -1.62. The fraction of sp³-hybridized carbons (Fsp3) is 0.738. The topological polar surface area (TPSA) is 231 Å². The molecule has 18 heteroatoms. The third-order valence-electron chi connectivity index (χ3n) is 13.1. The van der Waals surface area contributed by atoms with Gasteiger partial charge in [0.1, 0.15) is 25.4 Å². The number of aliphatic hydroxyl groups excluding tert-OH is 2. The maximum Gasteiger partial charge on any atom is 0.472 e. The molecule has 0 aliphatic carbocycles. The molecule has 83 heavy (non-hydrogen) atoms. The van der Waals surface area contributed by atoms with Crippen LogP contribution in [0.1, 0.15) is 252 Å². The Bertz CT molecular complexity index is 1860. The van der Waals surface area contributed by atoms with Crippen molar-refractivity contribution in [2.75, 3.05) is 39.6 Å². The van der Waals surface area contributed by atoms with Gasteiger partial charge in [-0.2, -0.15) is 0 Å². The number of phosphoric acid groups is 2. The first-order chi connectivity index (χ1) is 40.2. The summed E-state index contributed by atoms with van der Waals surface area (Å²) >= 11 is 0. The van der Waals surface area contributed by atoms with Crippen molar-refractivity contribution in [1.29, 1.82) is 0 Å². The van der Waals surface area contributed by atoms with E-state index in [9.17, 15) is 43.5 Å². The lowest BCUT2D eigenvalue weighted by Gasteiger charge is -2.21. The molecule has 0 spiro atoms. The normalized spacial score (nSPS) is 14.9. The Hall–Kier alpha value is -3.27. The number of esters is 3. The smallest absolute Gasteiger partial charge is 0.463 e. The quantitative estimate of drug-likeness (QED) is 0.0146. The van der Waals surface area contributed by atoms with Crippen LogP contribution >= 0.6 is 15.6 Å². The van der Waals surface area contributed by atoms with Crippen molar-refractivity contribution in [3.8, 4) is 0 Å². The zero-order chi connectivity index (χ0) is 61.0. The van der Waals surface area contributed by atoms with Gasteiger partial charge in [-0.3, -0.25) is 32.5 Å². The first kappa shape index (κ1) is 79.7. The number of rotatable bonds is 60. The van der Waals surface area contributed by atoms with Gasteiger partial charge in [0.05, 0.1) is 26.4 Å². The van der Waals surface area contributed by atoms with Gasteiger partial charge in [-0.05, 0) is 116 Å². The second-order valence-electron chi connectivity index (χ2n) is 21.2. The van der Waals surface area contributed by atoms with Crippen molar-refractivity contribution in [3.63, 3.8) is 0 Å². The Morgan fingerprint density at radius 3 is 1.05 bits per heavy atom. The SMILES string of the molecule is CC/C=C\C/C=C\C/C=C\C/C=C\CCCCCCC(=O)OCC(O)COP(=O)(O)OCC(O)COP(=O)(O)OCC(COC(=O)CCCCCCC/C=C\C/C=C\CCCCC)OC(=O)CCCCCCC/C=C\CCCCCCCC. The molecular weight excluding hydrogens is 1100 g/mol. The van der Waals surface area contributed by atoms with Gasteiger partial charge in [-0.25, -0.2) is 9.13 Å². The van der Waals surface area contributed by atoms with Crippen LogP contribution in [0, 0.1) is 0 Å². The molecule has 480 valence electrons. The fourth-order valence-corrected chi connectivity index (χ4v) is 9.76. The molecule has 0 aromatic heterocycles. The molecule has 5 atom stereocenters. The molecule has 0 radical (unpaired) electrons. The molecule has 0 saturated heterocycles. The van der Waals surface area contributed by atoms with Crippen molar-refractivity contribution in [2.24, 2.45) is 0 Å². The van der Waals surface area contributed by atoms with E-state index in [1.807, 2.05) is 0 Å². The second-order valence-corrected chi connectivity index (χ2v) is 24.1. The maximum atomic E-state index is 12.9. The number of phosphoric ester groups is 2. The lowest BCUT2D eigenvalue weighted by atomic mass is 10.1. The van der Waals surface area contributed by atoms with Crippen molar-refractivity contribution in [2.45, 2.75) is 270 Å². The highest BCUT2D eigenvalue weighted by molar-refractivity contribution is 7.47. The van der Waals surface area contributed by atoms with E-state index in [2.05, 4.69) is 106 Å². The van der Waals surface area contributed by atoms with Crippen LogP contribution in [0.3, 0.4) is 0 Å². The highest BCUT2D eigenvalue weighted by Crippen LogP contribution is 2.45. The molecular formula is C65H114O16P2. The maximum absolute atomic E-state index is 12.9. The summed E-state index contributed by atoms with van der Waals surface area (Å²) in [5.41, 5.74) is 0. The molecule has 5 unspecified atom stereocenters. The predicted molar refractivity (Wildman–Crippen MR) is 334 cm³/mol. The minimum Gasteiger partial charge on any atom is -0.463 e.